The molecule has 1 amide bonds. The minimum absolute atomic E-state index is 0.348. The lowest BCUT2D eigenvalue weighted by Gasteiger charge is -2.27. The minimum atomic E-state index is -0.579. The second-order valence-electron chi connectivity index (χ2n) is 5.98. The van der Waals surface area contributed by atoms with E-state index in [4.69, 9.17) is 10.5 Å². The molecule has 1 rings (SSSR count). The van der Waals surface area contributed by atoms with Crippen molar-refractivity contribution in [1.29, 1.82) is 0 Å². The van der Waals surface area contributed by atoms with Gasteiger partial charge in [0.25, 0.3) is 0 Å². The Kier molecular flexibility index (Phi) is 6.11. The van der Waals surface area contributed by atoms with Crippen LogP contribution in [0.1, 0.15) is 39.8 Å². The van der Waals surface area contributed by atoms with Crippen molar-refractivity contribution in [2.45, 2.75) is 52.4 Å². The normalized spacial score (nSPS) is 12.9. The quantitative estimate of drug-likeness (QED) is 0.868. The lowest BCUT2D eigenvalue weighted by atomic mass is 10.2. The Labute approximate surface area is 125 Å². The Hall–Kier alpha value is -1.66. The van der Waals surface area contributed by atoms with E-state index >= 15 is 0 Å². The maximum absolute atomic E-state index is 12.3. The predicted molar refractivity (Wildman–Crippen MR) is 82.0 cm³/mol. The average Bonchev–Trinajstić information content (AvgIpc) is 2.37. The molecule has 6 heteroatoms. The summed E-state index contributed by atoms with van der Waals surface area (Å²) in [6.07, 6.45) is 1.10. The molecule has 21 heavy (non-hydrogen) atoms. The van der Waals surface area contributed by atoms with Crippen molar-refractivity contribution in [3.05, 3.63) is 24.0 Å². The zero-order chi connectivity index (χ0) is 16.0. The number of nitrogens with two attached hydrogens (primary N) is 1. The SMILES string of the molecule is CC(O)CCN(C(=O)OC(C)(C)C)c1ccc(CN)nc1. The Morgan fingerprint density at radius 1 is 1.48 bits per heavy atom. The number of aliphatic hydroxyl groups excluding tert-OH is 1. The fourth-order valence-corrected chi connectivity index (χ4v) is 1.66. The Morgan fingerprint density at radius 2 is 2.14 bits per heavy atom. The highest BCUT2D eigenvalue weighted by Crippen LogP contribution is 2.18. The van der Waals surface area contributed by atoms with Crippen LogP contribution in [-0.4, -0.2) is 34.4 Å². The van der Waals surface area contributed by atoms with Crippen molar-refractivity contribution in [3.63, 3.8) is 0 Å². The molecule has 1 aromatic rings. The summed E-state index contributed by atoms with van der Waals surface area (Å²) in [5.41, 5.74) is 6.31. The van der Waals surface area contributed by atoms with Gasteiger partial charge < -0.3 is 15.6 Å². The van der Waals surface area contributed by atoms with Gasteiger partial charge in [0.1, 0.15) is 5.60 Å². The molecule has 0 aliphatic rings. The molecule has 118 valence electrons. The molecule has 0 fully saturated rings. The maximum Gasteiger partial charge on any atom is 0.414 e. The standard InChI is InChI=1S/C15H25N3O3/c1-11(19)7-8-18(14(20)21-15(2,3)4)13-6-5-12(9-16)17-10-13/h5-6,10-11,19H,7-9,16H2,1-4H3. The van der Waals surface area contributed by atoms with Crippen molar-refractivity contribution in [1.82, 2.24) is 4.98 Å². The second kappa shape index (κ2) is 7.38. The zero-order valence-corrected chi connectivity index (χ0v) is 13.2. The smallest absolute Gasteiger partial charge is 0.414 e. The van der Waals surface area contributed by atoms with Crippen LogP contribution in [0.5, 0.6) is 0 Å². The third kappa shape index (κ3) is 6.10. The van der Waals surface area contributed by atoms with E-state index in [1.54, 1.807) is 25.3 Å². The summed E-state index contributed by atoms with van der Waals surface area (Å²) in [4.78, 5) is 18.0. The highest BCUT2D eigenvalue weighted by molar-refractivity contribution is 5.87. The summed E-state index contributed by atoms with van der Waals surface area (Å²) in [7, 11) is 0. The Morgan fingerprint density at radius 3 is 2.57 bits per heavy atom. The van der Waals surface area contributed by atoms with Crippen LogP contribution in [0.3, 0.4) is 0 Å². The fraction of sp³-hybridized carbons (Fsp3) is 0.600. The predicted octanol–water partition coefficient (Wildman–Crippen LogP) is 2.05. The number of carbonyl (C=O) groups excluding carboxylic acids is 1. The van der Waals surface area contributed by atoms with Crippen LogP contribution in [0.4, 0.5) is 10.5 Å². The number of hydrogen-bond acceptors (Lipinski definition) is 5. The molecule has 0 bridgehead atoms. The van der Waals surface area contributed by atoms with Crippen LogP contribution in [0.15, 0.2) is 18.3 Å². The molecule has 1 unspecified atom stereocenters. The van der Waals surface area contributed by atoms with Gasteiger partial charge in [-0.25, -0.2) is 4.79 Å². The number of pyridine rings is 1. The monoisotopic (exact) mass is 295 g/mol. The third-order valence-electron chi connectivity index (χ3n) is 2.71. The van der Waals surface area contributed by atoms with Crippen molar-refractivity contribution in [3.8, 4) is 0 Å². The summed E-state index contributed by atoms with van der Waals surface area (Å²) in [5.74, 6) is 0. The third-order valence-corrected chi connectivity index (χ3v) is 2.71. The van der Waals surface area contributed by atoms with E-state index in [0.29, 0.717) is 25.2 Å². The average molecular weight is 295 g/mol. The van der Waals surface area contributed by atoms with Gasteiger partial charge in [-0.3, -0.25) is 9.88 Å². The van der Waals surface area contributed by atoms with Crippen molar-refractivity contribution < 1.29 is 14.6 Å². The molecular formula is C15H25N3O3. The van der Waals surface area contributed by atoms with Gasteiger partial charge in [-0.2, -0.15) is 0 Å². The van der Waals surface area contributed by atoms with Crippen LogP contribution in [-0.2, 0) is 11.3 Å². The van der Waals surface area contributed by atoms with E-state index in [-0.39, 0.29) is 0 Å². The van der Waals surface area contributed by atoms with E-state index in [9.17, 15) is 9.90 Å². The Bertz CT molecular complexity index is 452. The van der Waals surface area contributed by atoms with Crippen LogP contribution in [0, 0.1) is 0 Å². The number of amides is 1. The van der Waals surface area contributed by atoms with Gasteiger partial charge in [0.05, 0.1) is 23.7 Å². The summed E-state index contributed by atoms with van der Waals surface area (Å²) in [5, 5.41) is 9.43. The highest BCUT2D eigenvalue weighted by Gasteiger charge is 2.23. The first-order chi connectivity index (χ1) is 9.73. The summed E-state index contributed by atoms with van der Waals surface area (Å²) in [6, 6.07) is 3.55. The van der Waals surface area contributed by atoms with Crippen LogP contribution >= 0.6 is 0 Å². The van der Waals surface area contributed by atoms with Crippen molar-refractivity contribution in [2.24, 2.45) is 5.73 Å². The number of carbonyl (C=O) groups is 1. The molecule has 1 heterocycles. The number of hydrogen-bond donors (Lipinski definition) is 2. The lowest BCUT2D eigenvalue weighted by Crippen LogP contribution is -2.38. The molecule has 3 N–H and O–H groups in total. The molecule has 0 aromatic carbocycles. The van der Waals surface area contributed by atoms with Gasteiger partial charge in [-0.15, -0.1) is 0 Å². The highest BCUT2D eigenvalue weighted by atomic mass is 16.6. The fourth-order valence-electron chi connectivity index (χ4n) is 1.66. The molecule has 6 nitrogen and oxygen atoms in total. The first-order valence-corrected chi connectivity index (χ1v) is 7.06. The van der Waals surface area contributed by atoms with Gasteiger partial charge >= 0.3 is 6.09 Å². The number of aliphatic hydroxyl groups is 1. The molecule has 0 aliphatic carbocycles. The summed E-state index contributed by atoms with van der Waals surface area (Å²) < 4.78 is 5.40. The number of rotatable bonds is 5. The van der Waals surface area contributed by atoms with E-state index in [1.165, 1.54) is 4.90 Å². The largest absolute Gasteiger partial charge is 0.443 e. The summed E-state index contributed by atoms with van der Waals surface area (Å²) in [6.45, 7) is 7.83. The molecule has 0 aliphatic heterocycles. The lowest BCUT2D eigenvalue weighted by molar-refractivity contribution is 0.0575. The van der Waals surface area contributed by atoms with Gasteiger partial charge in [-0.05, 0) is 46.2 Å². The molecule has 0 saturated carbocycles. The van der Waals surface area contributed by atoms with E-state index < -0.39 is 17.8 Å². The molecule has 1 atom stereocenters. The van der Waals surface area contributed by atoms with Crippen molar-refractivity contribution in [2.75, 3.05) is 11.4 Å². The number of aromatic nitrogens is 1. The van der Waals surface area contributed by atoms with E-state index in [2.05, 4.69) is 4.98 Å². The first-order valence-electron chi connectivity index (χ1n) is 7.06. The number of ether oxygens (including phenoxy) is 1. The van der Waals surface area contributed by atoms with E-state index in [1.807, 2.05) is 20.8 Å². The maximum atomic E-state index is 12.3. The number of nitrogens with zero attached hydrogens (tertiary/aromatic N) is 2. The molecular weight excluding hydrogens is 270 g/mol. The zero-order valence-electron chi connectivity index (χ0n) is 13.2. The second-order valence-corrected chi connectivity index (χ2v) is 5.98. The van der Waals surface area contributed by atoms with Crippen LogP contribution < -0.4 is 10.6 Å². The topological polar surface area (TPSA) is 88.7 Å². The van der Waals surface area contributed by atoms with Gasteiger partial charge in [0.2, 0.25) is 0 Å². The Balaban J connectivity index is 2.91. The first kappa shape index (κ1) is 17.4. The van der Waals surface area contributed by atoms with Crippen LogP contribution in [0.2, 0.25) is 0 Å². The molecule has 1 aromatic heterocycles. The van der Waals surface area contributed by atoms with Crippen molar-refractivity contribution >= 4 is 11.8 Å². The molecule has 0 saturated heterocycles. The van der Waals surface area contributed by atoms with Gasteiger partial charge in [0, 0.05) is 13.1 Å². The van der Waals surface area contributed by atoms with E-state index in [0.717, 1.165) is 5.69 Å². The van der Waals surface area contributed by atoms with Gasteiger partial charge in [-0.1, -0.05) is 0 Å². The van der Waals surface area contributed by atoms with Gasteiger partial charge in [0.15, 0.2) is 0 Å². The number of anilines is 1. The summed E-state index contributed by atoms with van der Waals surface area (Å²) >= 11 is 0. The minimum Gasteiger partial charge on any atom is -0.443 e. The molecule has 0 spiro atoms. The molecule has 0 radical (unpaired) electrons. The van der Waals surface area contributed by atoms with Crippen LogP contribution in [0.25, 0.3) is 0 Å².